The molecule has 13 heteroatoms. The van der Waals surface area contributed by atoms with Gasteiger partial charge in [0.2, 0.25) is 23.6 Å². The second-order valence-corrected chi connectivity index (χ2v) is 7.59. The predicted molar refractivity (Wildman–Crippen MR) is 118 cm³/mol. The lowest BCUT2D eigenvalue weighted by Gasteiger charge is -2.23. The highest BCUT2D eigenvalue weighted by molar-refractivity contribution is 5.96. The first-order valence-corrected chi connectivity index (χ1v) is 10.3. The van der Waals surface area contributed by atoms with Gasteiger partial charge in [-0.15, -0.1) is 0 Å². The van der Waals surface area contributed by atoms with E-state index in [1.807, 2.05) is 0 Å². The zero-order chi connectivity index (χ0) is 25.8. The van der Waals surface area contributed by atoms with E-state index in [1.165, 1.54) is 6.92 Å². The molecule has 4 atom stereocenters. The quantitative estimate of drug-likeness (QED) is 0.154. The minimum Gasteiger partial charge on any atom is -0.481 e. The van der Waals surface area contributed by atoms with Crippen LogP contribution in [0.1, 0.15) is 31.7 Å². The fourth-order valence-corrected chi connectivity index (χ4v) is 2.83. The number of nitrogens with one attached hydrogen (secondary N) is 3. The Morgan fingerprint density at radius 1 is 0.882 bits per heavy atom. The summed E-state index contributed by atoms with van der Waals surface area (Å²) in [7, 11) is 0. The van der Waals surface area contributed by atoms with Gasteiger partial charge in [-0.05, 0) is 18.9 Å². The Bertz CT molecular complexity index is 908. The van der Waals surface area contributed by atoms with Gasteiger partial charge < -0.3 is 37.6 Å². The van der Waals surface area contributed by atoms with Crippen LogP contribution in [0, 0.1) is 0 Å². The lowest BCUT2D eigenvalue weighted by molar-refractivity contribution is -0.142. The summed E-state index contributed by atoms with van der Waals surface area (Å²) in [5, 5.41) is 24.9. The van der Waals surface area contributed by atoms with Crippen LogP contribution in [-0.2, 0) is 35.2 Å². The first kappa shape index (κ1) is 28.0. The fourth-order valence-electron chi connectivity index (χ4n) is 2.83. The highest BCUT2D eigenvalue weighted by Gasteiger charge is 2.29. The van der Waals surface area contributed by atoms with Crippen molar-refractivity contribution in [1.29, 1.82) is 0 Å². The topological polar surface area (TPSA) is 231 Å². The molecular formula is C21H29N5O8. The van der Waals surface area contributed by atoms with Crippen molar-refractivity contribution in [2.24, 2.45) is 11.5 Å². The number of carboxylic acids is 2. The van der Waals surface area contributed by atoms with Crippen molar-refractivity contribution in [3.05, 3.63) is 35.9 Å². The summed E-state index contributed by atoms with van der Waals surface area (Å²) in [6.45, 7) is 1.29. The molecular weight excluding hydrogens is 450 g/mol. The smallest absolute Gasteiger partial charge is 0.326 e. The lowest BCUT2D eigenvalue weighted by Crippen LogP contribution is -2.57. The van der Waals surface area contributed by atoms with Crippen LogP contribution in [0.2, 0.25) is 0 Å². The van der Waals surface area contributed by atoms with E-state index >= 15 is 0 Å². The van der Waals surface area contributed by atoms with Gasteiger partial charge in [-0.3, -0.25) is 24.0 Å². The molecule has 186 valence electrons. The van der Waals surface area contributed by atoms with Crippen molar-refractivity contribution in [2.75, 3.05) is 0 Å². The van der Waals surface area contributed by atoms with Crippen molar-refractivity contribution < 1.29 is 39.0 Å². The fraction of sp³-hybridized carbons (Fsp3) is 0.429. The molecule has 9 N–H and O–H groups in total. The maximum atomic E-state index is 12.6. The molecule has 0 aliphatic carbocycles. The van der Waals surface area contributed by atoms with Crippen LogP contribution in [-0.4, -0.2) is 69.9 Å². The summed E-state index contributed by atoms with van der Waals surface area (Å²) in [4.78, 5) is 70.7. The van der Waals surface area contributed by atoms with Crippen LogP contribution >= 0.6 is 0 Å². The van der Waals surface area contributed by atoms with Gasteiger partial charge in [0, 0.05) is 12.8 Å². The summed E-state index contributed by atoms with van der Waals surface area (Å²) < 4.78 is 0. The van der Waals surface area contributed by atoms with Crippen molar-refractivity contribution >= 4 is 35.6 Å². The third kappa shape index (κ3) is 10.1. The third-order valence-electron chi connectivity index (χ3n) is 4.69. The average Bonchev–Trinajstić information content (AvgIpc) is 2.76. The van der Waals surface area contributed by atoms with Gasteiger partial charge in [0.1, 0.15) is 18.1 Å². The summed E-state index contributed by atoms with van der Waals surface area (Å²) in [5.74, 6) is -5.99. The number of primary amides is 1. The van der Waals surface area contributed by atoms with E-state index in [9.17, 15) is 33.9 Å². The number of aliphatic carboxylic acids is 2. The predicted octanol–water partition coefficient (Wildman–Crippen LogP) is -2.14. The molecule has 0 fully saturated rings. The number of nitrogens with two attached hydrogens (primary N) is 2. The molecule has 13 nitrogen and oxygen atoms in total. The van der Waals surface area contributed by atoms with E-state index in [4.69, 9.17) is 16.6 Å². The highest BCUT2D eigenvalue weighted by Crippen LogP contribution is 2.04. The van der Waals surface area contributed by atoms with E-state index in [1.54, 1.807) is 30.3 Å². The van der Waals surface area contributed by atoms with E-state index in [0.717, 1.165) is 0 Å². The molecule has 1 aromatic rings. The number of rotatable bonds is 14. The summed E-state index contributed by atoms with van der Waals surface area (Å²) >= 11 is 0. The Kier molecular flexibility index (Phi) is 11.2. The number of hydrogen-bond donors (Lipinski definition) is 7. The molecule has 4 amide bonds. The molecule has 1 rings (SSSR count). The molecule has 0 aromatic heterocycles. The monoisotopic (exact) mass is 479 g/mol. The molecule has 0 spiro atoms. The molecule has 0 aliphatic rings. The van der Waals surface area contributed by atoms with Crippen LogP contribution in [0.3, 0.4) is 0 Å². The molecule has 0 saturated carbocycles. The Hall–Kier alpha value is -4.00. The number of carbonyl (C=O) groups excluding carboxylic acids is 4. The number of benzene rings is 1. The standard InChI is InChI=1S/C21H29N5O8/c1-11(18(30)26-15(21(33)34)9-12-5-3-2-4-6-12)24-20(32)14(10-16(23)27)25-19(31)13(22)7-8-17(28)29/h2-6,11,13-15H,7-10,22H2,1H3,(H2,23,27)(H,24,32)(H,25,31)(H,26,30)(H,28,29)(H,33,34). The van der Waals surface area contributed by atoms with Crippen LogP contribution in [0.5, 0.6) is 0 Å². The van der Waals surface area contributed by atoms with E-state index in [2.05, 4.69) is 16.0 Å². The Morgan fingerprint density at radius 3 is 2.00 bits per heavy atom. The Labute approximate surface area is 195 Å². The van der Waals surface area contributed by atoms with Gasteiger partial charge in [0.05, 0.1) is 12.5 Å². The third-order valence-corrected chi connectivity index (χ3v) is 4.69. The molecule has 0 bridgehead atoms. The van der Waals surface area contributed by atoms with Crippen molar-refractivity contribution in [2.45, 2.75) is 56.8 Å². The van der Waals surface area contributed by atoms with E-state index in [0.29, 0.717) is 5.56 Å². The molecule has 1 aromatic carbocycles. The maximum Gasteiger partial charge on any atom is 0.326 e. The molecule has 34 heavy (non-hydrogen) atoms. The van der Waals surface area contributed by atoms with Crippen LogP contribution in [0.15, 0.2) is 30.3 Å². The van der Waals surface area contributed by atoms with Gasteiger partial charge >= 0.3 is 11.9 Å². The van der Waals surface area contributed by atoms with E-state index in [-0.39, 0.29) is 19.3 Å². The van der Waals surface area contributed by atoms with Gasteiger partial charge in [0.15, 0.2) is 0 Å². The minimum atomic E-state index is -1.48. The Balaban J connectivity index is 2.77. The normalized spacial score (nSPS) is 14.1. The molecule has 0 radical (unpaired) electrons. The zero-order valence-corrected chi connectivity index (χ0v) is 18.5. The average molecular weight is 479 g/mol. The van der Waals surface area contributed by atoms with E-state index < -0.39 is 66.2 Å². The number of carboxylic acid groups (broad SMARTS) is 2. The van der Waals surface area contributed by atoms with Gasteiger partial charge in [0.25, 0.3) is 0 Å². The van der Waals surface area contributed by atoms with Gasteiger partial charge in [-0.25, -0.2) is 4.79 Å². The van der Waals surface area contributed by atoms with Gasteiger partial charge in [-0.2, -0.15) is 0 Å². The SMILES string of the molecule is CC(NC(=O)C(CC(N)=O)NC(=O)C(N)CCC(=O)O)C(=O)NC(Cc1ccccc1)C(=O)O. The minimum absolute atomic E-state index is 0.0111. The molecule has 0 aliphatic heterocycles. The highest BCUT2D eigenvalue weighted by atomic mass is 16.4. The largest absolute Gasteiger partial charge is 0.481 e. The molecule has 4 unspecified atom stereocenters. The molecule has 0 heterocycles. The summed E-state index contributed by atoms with van der Waals surface area (Å²) in [5.41, 5.74) is 11.4. The molecule has 0 saturated heterocycles. The first-order chi connectivity index (χ1) is 15.9. The lowest BCUT2D eigenvalue weighted by atomic mass is 10.1. The van der Waals surface area contributed by atoms with Gasteiger partial charge in [-0.1, -0.05) is 30.3 Å². The second-order valence-electron chi connectivity index (χ2n) is 7.59. The van der Waals surface area contributed by atoms with Crippen LogP contribution in [0.4, 0.5) is 0 Å². The van der Waals surface area contributed by atoms with Crippen molar-refractivity contribution in [3.8, 4) is 0 Å². The summed E-state index contributed by atoms with van der Waals surface area (Å²) in [6, 6.07) is 3.39. The van der Waals surface area contributed by atoms with Crippen LogP contribution in [0.25, 0.3) is 0 Å². The number of carbonyl (C=O) groups is 6. The zero-order valence-electron chi connectivity index (χ0n) is 18.5. The maximum absolute atomic E-state index is 12.6. The Morgan fingerprint density at radius 2 is 1.47 bits per heavy atom. The van der Waals surface area contributed by atoms with Crippen molar-refractivity contribution in [1.82, 2.24) is 16.0 Å². The van der Waals surface area contributed by atoms with Crippen LogP contribution < -0.4 is 27.4 Å². The number of amides is 4. The summed E-state index contributed by atoms with van der Waals surface area (Å²) in [6.07, 6.45) is -1.18. The number of hydrogen-bond acceptors (Lipinski definition) is 7. The van der Waals surface area contributed by atoms with Crippen molar-refractivity contribution in [3.63, 3.8) is 0 Å². The second kappa shape index (κ2) is 13.5. The first-order valence-electron chi connectivity index (χ1n) is 10.3.